The van der Waals surface area contributed by atoms with E-state index >= 15 is 0 Å². The lowest BCUT2D eigenvalue weighted by Gasteiger charge is -2.23. The van der Waals surface area contributed by atoms with Crippen molar-refractivity contribution in [2.45, 2.75) is 50.8 Å². The Kier molecular flexibility index (Phi) is 5.29. The van der Waals surface area contributed by atoms with Crippen molar-refractivity contribution in [2.75, 3.05) is 5.32 Å². The normalized spacial score (nSPS) is 15.8. The van der Waals surface area contributed by atoms with Gasteiger partial charge in [-0.3, -0.25) is 0 Å². The summed E-state index contributed by atoms with van der Waals surface area (Å²) in [5.41, 5.74) is 1.64. The molecule has 2 aromatic heterocycles. The fourth-order valence-electron chi connectivity index (χ4n) is 3.90. The van der Waals surface area contributed by atoms with Crippen LogP contribution in [-0.2, 0) is 15.8 Å². The molecule has 3 aromatic rings. The maximum atomic E-state index is 13.1. The molecule has 1 saturated carbocycles. The second-order valence-electron chi connectivity index (χ2n) is 7.35. The number of halogens is 1. The van der Waals surface area contributed by atoms with Crippen LogP contribution >= 0.6 is 11.6 Å². The molecule has 1 aromatic carbocycles. The Labute approximate surface area is 170 Å². The molecule has 1 aliphatic carbocycles. The first-order chi connectivity index (χ1) is 13.4. The lowest BCUT2D eigenvalue weighted by molar-refractivity contribution is 0.462. The molecule has 8 heteroatoms. The number of benzene rings is 1. The maximum absolute atomic E-state index is 13.1. The first kappa shape index (κ1) is 19.2. The molecule has 0 radical (unpaired) electrons. The molecule has 0 aliphatic heterocycles. The first-order valence-electron chi connectivity index (χ1n) is 9.53. The minimum atomic E-state index is -3.65. The number of aromatic nitrogens is 3. The molecule has 2 heterocycles. The monoisotopic (exact) mass is 418 g/mol. The van der Waals surface area contributed by atoms with Gasteiger partial charge in [0.25, 0.3) is 0 Å². The summed E-state index contributed by atoms with van der Waals surface area (Å²) in [5.74, 6) is 0.504. The topological polar surface area (TPSA) is 76.9 Å². The number of nitrogens with zero attached hydrogens (tertiary/aromatic N) is 3. The Morgan fingerprint density at radius 3 is 2.57 bits per heavy atom. The van der Waals surface area contributed by atoms with Gasteiger partial charge >= 0.3 is 0 Å². The summed E-state index contributed by atoms with van der Waals surface area (Å²) in [6.45, 7) is 1.77. The average molecular weight is 419 g/mol. The number of rotatable bonds is 5. The average Bonchev–Trinajstić information content (AvgIpc) is 3.00. The van der Waals surface area contributed by atoms with E-state index in [-0.39, 0.29) is 11.0 Å². The van der Waals surface area contributed by atoms with E-state index in [0.29, 0.717) is 28.6 Å². The fraction of sp³-hybridized carbons (Fsp3) is 0.400. The molecule has 28 heavy (non-hydrogen) atoms. The highest BCUT2D eigenvalue weighted by atomic mass is 35.5. The summed E-state index contributed by atoms with van der Waals surface area (Å²) in [6, 6.07) is 11.3. The van der Waals surface area contributed by atoms with Crippen LogP contribution in [0, 0.1) is 6.92 Å². The molecule has 0 amide bonds. The van der Waals surface area contributed by atoms with Gasteiger partial charge in [-0.05, 0) is 43.0 Å². The largest absolute Gasteiger partial charge is 0.367 e. The van der Waals surface area contributed by atoms with E-state index < -0.39 is 10.0 Å². The molecule has 0 spiro atoms. The lowest BCUT2D eigenvalue weighted by atomic mass is 9.95. The Hall–Kier alpha value is -2.12. The highest BCUT2D eigenvalue weighted by molar-refractivity contribution is 7.89. The number of nitrogens with one attached hydrogen (secondary N) is 1. The van der Waals surface area contributed by atoms with Gasteiger partial charge in [-0.2, -0.15) is 4.98 Å². The van der Waals surface area contributed by atoms with Crippen molar-refractivity contribution in [2.24, 2.45) is 0 Å². The first-order valence-corrected chi connectivity index (χ1v) is 11.5. The van der Waals surface area contributed by atoms with Gasteiger partial charge in [0.05, 0.1) is 11.1 Å². The molecule has 0 atom stereocenters. The van der Waals surface area contributed by atoms with Gasteiger partial charge in [-0.25, -0.2) is 17.4 Å². The van der Waals surface area contributed by atoms with E-state index in [2.05, 4.69) is 15.3 Å². The third-order valence-electron chi connectivity index (χ3n) is 5.18. The van der Waals surface area contributed by atoms with Crippen molar-refractivity contribution in [1.29, 1.82) is 0 Å². The molecule has 6 nitrogen and oxygen atoms in total. The Morgan fingerprint density at radius 2 is 1.86 bits per heavy atom. The zero-order valence-corrected chi connectivity index (χ0v) is 17.3. The number of aryl methyl sites for hydroxylation is 1. The van der Waals surface area contributed by atoms with E-state index in [1.807, 2.05) is 24.3 Å². The number of hydrogen-bond donors (Lipinski definition) is 1. The summed E-state index contributed by atoms with van der Waals surface area (Å²) in [4.78, 5) is 8.61. The molecular formula is C20H23ClN4O2S. The second kappa shape index (κ2) is 7.72. The van der Waals surface area contributed by atoms with E-state index in [1.54, 1.807) is 19.1 Å². The van der Waals surface area contributed by atoms with Crippen molar-refractivity contribution in [3.8, 4) is 0 Å². The van der Waals surface area contributed by atoms with Crippen LogP contribution in [0.1, 0.15) is 43.4 Å². The van der Waals surface area contributed by atoms with Gasteiger partial charge < -0.3 is 5.32 Å². The summed E-state index contributed by atoms with van der Waals surface area (Å²) in [7, 11) is -3.65. The van der Waals surface area contributed by atoms with Crippen molar-refractivity contribution in [1.82, 2.24) is 13.9 Å². The van der Waals surface area contributed by atoms with Crippen molar-refractivity contribution < 1.29 is 8.42 Å². The molecular weight excluding hydrogens is 396 g/mol. The molecule has 1 N–H and O–H groups in total. The third-order valence-corrected chi connectivity index (χ3v) is 7.06. The van der Waals surface area contributed by atoms with Gasteiger partial charge in [0.2, 0.25) is 15.3 Å². The van der Waals surface area contributed by atoms with Crippen molar-refractivity contribution >= 4 is 38.5 Å². The maximum Gasteiger partial charge on any atom is 0.244 e. The van der Waals surface area contributed by atoms with Crippen molar-refractivity contribution in [3.05, 3.63) is 52.9 Å². The van der Waals surface area contributed by atoms with Gasteiger partial charge in [-0.1, -0.05) is 49.6 Å². The van der Waals surface area contributed by atoms with Crippen LogP contribution in [0.5, 0.6) is 0 Å². The second-order valence-corrected chi connectivity index (χ2v) is 9.51. The van der Waals surface area contributed by atoms with Gasteiger partial charge in [0, 0.05) is 11.7 Å². The highest BCUT2D eigenvalue weighted by Crippen LogP contribution is 2.30. The number of hydrogen-bond acceptors (Lipinski definition) is 5. The Balaban J connectivity index is 1.76. The van der Waals surface area contributed by atoms with E-state index in [0.717, 1.165) is 18.4 Å². The van der Waals surface area contributed by atoms with Crippen LogP contribution in [0.3, 0.4) is 0 Å². The Morgan fingerprint density at radius 1 is 1.14 bits per heavy atom. The van der Waals surface area contributed by atoms with Gasteiger partial charge in [-0.15, -0.1) is 0 Å². The molecule has 4 rings (SSSR count). The van der Waals surface area contributed by atoms with Crippen LogP contribution in [0.15, 0.2) is 36.4 Å². The van der Waals surface area contributed by atoms with Crippen LogP contribution in [0.25, 0.3) is 11.0 Å². The Bertz CT molecular complexity index is 1090. The molecule has 0 unspecified atom stereocenters. The zero-order chi connectivity index (χ0) is 19.7. The predicted molar refractivity (Wildman–Crippen MR) is 112 cm³/mol. The third kappa shape index (κ3) is 3.86. The zero-order valence-electron chi connectivity index (χ0n) is 15.7. The smallest absolute Gasteiger partial charge is 0.244 e. The highest BCUT2D eigenvalue weighted by Gasteiger charge is 2.24. The molecule has 0 saturated heterocycles. The van der Waals surface area contributed by atoms with Gasteiger partial charge in [0.1, 0.15) is 5.82 Å². The molecule has 1 fully saturated rings. The van der Waals surface area contributed by atoms with E-state index in [1.165, 1.54) is 23.2 Å². The fourth-order valence-corrected chi connectivity index (χ4v) is 5.71. The SMILES string of the molecule is Cc1cc2c(NC3CCCCC3)nc(Cl)nc2n1S(=O)(=O)Cc1ccccc1. The van der Waals surface area contributed by atoms with E-state index in [4.69, 9.17) is 11.6 Å². The lowest BCUT2D eigenvalue weighted by Crippen LogP contribution is -2.23. The predicted octanol–water partition coefficient (Wildman–Crippen LogP) is 4.52. The number of fused-ring (bicyclic) bond motifs is 1. The summed E-state index contributed by atoms with van der Waals surface area (Å²) in [6.07, 6.45) is 5.78. The quantitative estimate of drug-likeness (QED) is 0.616. The molecule has 148 valence electrons. The summed E-state index contributed by atoms with van der Waals surface area (Å²) >= 11 is 6.16. The number of anilines is 1. The molecule has 1 aliphatic rings. The van der Waals surface area contributed by atoms with E-state index in [9.17, 15) is 8.42 Å². The van der Waals surface area contributed by atoms with Crippen LogP contribution in [0.2, 0.25) is 5.28 Å². The van der Waals surface area contributed by atoms with Crippen LogP contribution < -0.4 is 5.32 Å². The standard InChI is InChI=1S/C20H23ClN4O2S/c1-14-12-17-18(22-16-10-6-3-7-11-16)23-20(21)24-19(17)25(14)28(26,27)13-15-8-4-2-5-9-15/h2,4-5,8-9,12,16H,3,6-7,10-11,13H2,1H3,(H,22,23,24). The minimum absolute atomic E-state index is 0.0417. The summed E-state index contributed by atoms with van der Waals surface area (Å²) in [5, 5.41) is 4.19. The van der Waals surface area contributed by atoms with Crippen molar-refractivity contribution in [3.63, 3.8) is 0 Å². The molecule has 0 bridgehead atoms. The minimum Gasteiger partial charge on any atom is -0.367 e. The van der Waals surface area contributed by atoms with Gasteiger partial charge in [0.15, 0.2) is 5.65 Å². The summed E-state index contributed by atoms with van der Waals surface area (Å²) < 4.78 is 27.6. The van der Waals surface area contributed by atoms with Crippen LogP contribution in [0.4, 0.5) is 5.82 Å². The van der Waals surface area contributed by atoms with Crippen LogP contribution in [-0.4, -0.2) is 28.4 Å².